The third-order valence-electron chi connectivity index (χ3n) is 4.56. The molecule has 0 spiro atoms. The number of aromatic nitrogens is 1. The Kier molecular flexibility index (Phi) is 4.23. The van der Waals surface area contributed by atoms with Gasteiger partial charge in [-0.1, -0.05) is 66.7 Å². The summed E-state index contributed by atoms with van der Waals surface area (Å²) in [7, 11) is 0. The van der Waals surface area contributed by atoms with E-state index < -0.39 is 0 Å². The molecule has 1 N–H and O–H groups in total. The van der Waals surface area contributed by atoms with Gasteiger partial charge in [0.2, 0.25) is 0 Å². The molecule has 2 aromatic carbocycles. The molecular formula is C22H18N2O2. The monoisotopic (exact) mass is 342 g/mol. The highest BCUT2D eigenvalue weighted by molar-refractivity contribution is 6.05. The van der Waals surface area contributed by atoms with Crippen molar-refractivity contribution in [1.82, 2.24) is 9.88 Å². The molecule has 0 saturated heterocycles. The number of carbonyl (C=O) groups excluding carboxylic acids is 1. The summed E-state index contributed by atoms with van der Waals surface area (Å²) in [6.45, 7) is 0.333. The molecule has 0 radical (unpaired) electrons. The fourth-order valence-electron chi connectivity index (χ4n) is 3.38. The summed E-state index contributed by atoms with van der Waals surface area (Å²) in [4.78, 5) is 18.9. The van der Waals surface area contributed by atoms with Crippen LogP contribution in [0.2, 0.25) is 0 Å². The van der Waals surface area contributed by atoms with Crippen molar-refractivity contribution in [3.8, 4) is 0 Å². The average molecular weight is 342 g/mol. The zero-order chi connectivity index (χ0) is 17.9. The van der Waals surface area contributed by atoms with Crippen molar-refractivity contribution in [3.63, 3.8) is 0 Å². The van der Waals surface area contributed by atoms with Crippen LogP contribution in [-0.4, -0.2) is 20.9 Å². The highest BCUT2D eigenvalue weighted by atomic mass is 16.3. The van der Waals surface area contributed by atoms with E-state index in [9.17, 15) is 9.90 Å². The minimum absolute atomic E-state index is 0.194. The van der Waals surface area contributed by atoms with E-state index in [4.69, 9.17) is 0 Å². The Labute approximate surface area is 152 Å². The van der Waals surface area contributed by atoms with E-state index in [0.717, 1.165) is 16.8 Å². The van der Waals surface area contributed by atoms with Gasteiger partial charge in [0.05, 0.1) is 18.3 Å². The number of nitrogens with zero attached hydrogens (tertiary/aromatic N) is 2. The maximum absolute atomic E-state index is 12.9. The molecular weight excluding hydrogens is 324 g/mol. The number of pyridine rings is 1. The second kappa shape index (κ2) is 6.84. The van der Waals surface area contributed by atoms with Crippen LogP contribution in [0.15, 0.2) is 90.8 Å². The zero-order valence-corrected chi connectivity index (χ0v) is 14.1. The molecule has 3 aromatic rings. The molecule has 0 aliphatic carbocycles. The summed E-state index contributed by atoms with van der Waals surface area (Å²) in [5.74, 6) is -0.565. The number of aliphatic hydroxyl groups is 1. The molecule has 0 bridgehead atoms. The second-order valence-electron chi connectivity index (χ2n) is 6.20. The van der Waals surface area contributed by atoms with Crippen molar-refractivity contribution in [3.05, 3.63) is 108 Å². The van der Waals surface area contributed by atoms with E-state index in [1.54, 1.807) is 11.1 Å². The molecule has 0 saturated carbocycles. The van der Waals surface area contributed by atoms with Gasteiger partial charge in [-0.05, 0) is 23.3 Å². The molecule has 1 aliphatic rings. The number of aliphatic hydroxyl groups excluding tert-OH is 1. The predicted octanol–water partition coefficient (Wildman–Crippen LogP) is 4.13. The van der Waals surface area contributed by atoms with E-state index in [1.165, 1.54) is 0 Å². The quantitative estimate of drug-likeness (QED) is 0.775. The number of rotatable bonds is 4. The van der Waals surface area contributed by atoms with E-state index in [1.807, 2.05) is 78.9 Å². The van der Waals surface area contributed by atoms with Crippen LogP contribution in [0.4, 0.5) is 0 Å². The van der Waals surface area contributed by atoms with Crippen LogP contribution in [0, 0.1) is 0 Å². The molecule has 128 valence electrons. The van der Waals surface area contributed by atoms with E-state index in [0.29, 0.717) is 12.1 Å². The van der Waals surface area contributed by atoms with Crippen LogP contribution in [0.25, 0.3) is 5.57 Å². The lowest BCUT2D eigenvalue weighted by molar-refractivity contribution is -0.130. The lowest BCUT2D eigenvalue weighted by Gasteiger charge is -2.27. The van der Waals surface area contributed by atoms with Gasteiger partial charge in [-0.15, -0.1) is 0 Å². The van der Waals surface area contributed by atoms with E-state index >= 15 is 0 Å². The Balaban J connectivity index is 1.81. The Bertz CT molecular complexity index is 938. The smallest absolute Gasteiger partial charge is 0.290 e. The molecule has 26 heavy (non-hydrogen) atoms. The lowest BCUT2D eigenvalue weighted by atomic mass is 9.93. The summed E-state index contributed by atoms with van der Waals surface area (Å²) < 4.78 is 0. The van der Waals surface area contributed by atoms with Gasteiger partial charge < -0.3 is 10.0 Å². The number of amides is 1. The third-order valence-corrected chi connectivity index (χ3v) is 4.56. The highest BCUT2D eigenvalue weighted by Gasteiger charge is 2.40. The van der Waals surface area contributed by atoms with Gasteiger partial charge in [0.25, 0.3) is 5.91 Å². The minimum Gasteiger partial charge on any atom is -0.503 e. The largest absolute Gasteiger partial charge is 0.503 e. The first-order chi connectivity index (χ1) is 12.8. The van der Waals surface area contributed by atoms with Crippen LogP contribution in [0.5, 0.6) is 0 Å². The normalized spacial score (nSPS) is 17.0. The minimum atomic E-state index is -0.372. The van der Waals surface area contributed by atoms with Crippen molar-refractivity contribution in [2.75, 3.05) is 0 Å². The van der Waals surface area contributed by atoms with Gasteiger partial charge in [-0.2, -0.15) is 0 Å². The molecule has 1 atom stereocenters. The van der Waals surface area contributed by atoms with Crippen molar-refractivity contribution < 1.29 is 9.90 Å². The molecule has 2 heterocycles. The maximum atomic E-state index is 12.9. The van der Waals surface area contributed by atoms with Gasteiger partial charge >= 0.3 is 0 Å². The number of hydrogen-bond donors (Lipinski definition) is 1. The summed E-state index contributed by atoms with van der Waals surface area (Å²) in [6, 6.07) is 24.6. The highest BCUT2D eigenvalue weighted by Crippen LogP contribution is 2.43. The van der Waals surface area contributed by atoms with Gasteiger partial charge in [0.15, 0.2) is 5.76 Å². The first-order valence-electron chi connectivity index (χ1n) is 8.50. The molecule has 1 aromatic heterocycles. The molecule has 4 nitrogen and oxygen atoms in total. The number of carbonyl (C=O) groups is 1. The molecule has 4 heteroatoms. The molecule has 0 unspecified atom stereocenters. The Hall–Kier alpha value is -3.40. The summed E-state index contributed by atoms with van der Waals surface area (Å²) in [6.07, 6.45) is 1.71. The maximum Gasteiger partial charge on any atom is 0.290 e. The van der Waals surface area contributed by atoms with Crippen molar-refractivity contribution in [2.45, 2.75) is 12.6 Å². The van der Waals surface area contributed by atoms with E-state index in [2.05, 4.69) is 4.98 Å². The van der Waals surface area contributed by atoms with Crippen LogP contribution < -0.4 is 0 Å². The first kappa shape index (κ1) is 16.1. The Morgan fingerprint density at radius 1 is 0.885 bits per heavy atom. The van der Waals surface area contributed by atoms with Crippen LogP contribution in [-0.2, 0) is 11.3 Å². The molecule has 4 rings (SSSR count). The summed E-state index contributed by atoms with van der Waals surface area (Å²) in [5, 5.41) is 10.7. The number of hydrogen-bond acceptors (Lipinski definition) is 3. The zero-order valence-electron chi connectivity index (χ0n) is 14.1. The van der Waals surface area contributed by atoms with Crippen LogP contribution in [0.3, 0.4) is 0 Å². The van der Waals surface area contributed by atoms with Crippen LogP contribution in [0.1, 0.15) is 22.9 Å². The van der Waals surface area contributed by atoms with Gasteiger partial charge in [-0.25, -0.2) is 0 Å². The average Bonchev–Trinajstić information content (AvgIpc) is 2.95. The van der Waals surface area contributed by atoms with Crippen molar-refractivity contribution in [2.24, 2.45) is 0 Å². The summed E-state index contributed by atoms with van der Waals surface area (Å²) in [5.41, 5.74) is 3.22. The van der Waals surface area contributed by atoms with Gasteiger partial charge in [0.1, 0.15) is 0 Å². The van der Waals surface area contributed by atoms with Crippen molar-refractivity contribution >= 4 is 11.5 Å². The molecule has 1 aliphatic heterocycles. The molecule has 0 fully saturated rings. The van der Waals surface area contributed by atoms with Crippen LogP contribution >= 0.6 is 0 Å². The number of benzene rings is 2. The van der Waals surface area contributed by atoms with Gasteiger partial charge in [-0.3, -0.25) is 9.78 Å². The lowest BCUT2D eigenvalue weighted by Crippen LogP contribution is -2.30. The predicted molar refractivity (Wildman–Crippen MR) is 100.0 cm³/mol. The first-order valence-corrected chi connectivity index (χ1v) is 8.50. The Morgan fingerprint density at radius 3 is 2.19 bits per heavy atom. The third kappa shape index (κ3) is 2.86. The van der Waals surface area contributed by atoms with E-state index in [-0.39, 0.29) is 17.7 Å². The van der Waals surface area contributed by atoms with Gasteiger partial charge in [0, 0.05) is 11.8 Å². The topological polar surface area (TPSA) is 53.4 Å². The second-order valence-corrected chi connectivity index (χ2v) is 6.20. The Morgan fingerprint density at radius 2 is 1.54 bits per heavy atom. The fraction of sp³-hybridized carbons (Fsp3) is 0.0909. The molecule has 1 amide bonds. The van der Waals surface area contributed by atoms with Crippen molar-refractivity contribution in [1.29, 1.82) is 0 Å². The standard InChI is InChI=1S/C22H18N2O2/c25-21-19(16-9-3-1-4-10-16)20(17-11-5-2-6-12-17)24(22(21)26)15-18-13-7-8-14-23-18/h1-14,20,25H,15H2/t20-/m0/s1. The fourth-order valence-corrected chi connectivity index (χ4v) is 3.38. The SMILES string of the molecule is O=C1C(O)=C(c2ccccc2)[C@H](c2ccccc2)N1Cc1ccccn1. The summed E-state index contributed by atoms with van der Waals surface area (Å²) >= 11 is 0.